The Kier molecular flexibility index (Phi) is 2.84. The van der Waals surface area contributed by atoms with Crippen LogP contribution in [-0.4, -0.2) is 35.4 Å². The van der Waals surface area contributed by atoms with Gasteiger partial charge in [0, 0.05) is 18.3 Å². The summed E-state index contributed by atoms with van der Waals surface area (Å²) in [4.78, 5) is 0. The standard InChI is InChI=1S/C11H20O2S/c1-10(2)4-6-14-8-11(10,12)9-3-5-13-7-9/h9,12H,3-8H2,1-2H3. The van der Waals surface area contributed by atoms with Crippen molar-refractivity contribution in [3.63, 3.8) is 0 Å². The van der Waals surface area contributed by atoms with Crippen LogP contribution in [0.15, 0.2) is 0 Å². The number of ether oxygens (including phenoxy) is 1. The molecule has 0 aromatic heterocycles. The highest BCUT2D eigenvalue weighted by molar-refractivity contribution is 7.99. The molecule has 0 radical (unpaired) electrons. The van der Waals surface area contributed by atoms with Crippen LogP contribution in [0.25, 0.3) is 0 Å². The fourth-order valence-corrected chi connectivity index (χ4v) is 4.29. The highest BCUT2D eigenvalue weighted by Crippen LogP contribution is 2.48. The molecule has 0 spiro atoms. The average molecular weight is 216 g/mol. The topological polar surface area (TPSA) is 29.5 Å². The first-order valence-electron chi connectivity index (χ1n) is 5.44. The van der Waals surface area contributed by atoms with Gasteiger partial charge in [-0.3, -0.25) is 0 Å². The van der Waals surface area contributed by atoms with Gasteiger partial charge in [0.15, 0.2) is 0 Å². The molecule has 2 fully saturated rings. The van der Waals surface area contributed by atoms with E-state index in [1.165, 1.54) is 5.75 Å². The van der Waals surface area contributed by atoms with Crippen LogP contribution in [0, 0.1) is 11.3 Å². The lowest BCUT2D eigenvalue weighted by atomic mass is 9.67. The molecule has 2 atom stereocenters. The Balaban J connectivity index is 2.17. The van der Waals surface area contributed by atoms with Gasteiger partial charge >= 0.3 is 0 Å². The maximum atomic E-state index is 10.8. The molecule has 2 unspecified atom stereocenters. The van der Waals surface area contributed by atoms with Crippen LogP contribution >= 0.6 is 11.8 Å². The zero-order valence-corrected chi connectivity index (χ0v) is 9.90. The summed E-state index contributed by atoms with van der Waals surface area (Å²) in [5.41, 5.74) is -0.455. The molecule has 2 saturated heterocycles. The third-order valence-corrected chi connectivity index (χ3v) is 5.11. The highest BCUT2D eigenvalue weighted by atomic mass is 32.2. The van der Waals surface area contributed by atoms with Crippen molar-refractivity contribution in [1.82, 2.24) is 0 Å². The molecule has 2 aliphatic heterocycles. The van der Waals surface area contributed by atoms with E-state index in [2.05, 4.69) is 13.8 Å². The summed E-state index contributed by atoms with van der Waals surface area (Å²) >= 11 is 1.89. The number of rotatable bonds is 1. The molecule has 2 rings (SSSR count). The first-order valence-corrected chi connectivity index (χ1v) is 6.60. The summed E-state index contributed by atoms with van der Waals surface area (Å²) in [5, 5.41) is 10.8. The average Bonchev–Trinajstić information content (AvgIpc) is 2.63. The second kappa shape index (κ2) is 3.69. The summed E-state index contributed by atoms with van der Waals surface area (Å²) in [6.07, 6.45) is 2.14. The molecule has 1 N–H and O–H groups in total. The van der Waals surface area contributed by atoms with Crippen LogP contribution in [0.5, 0.6) is 0 Å². The van der Waals surface area contributed by atoms with E-state index in [4.69, 9.17) is 4.74 Å². The van der Waals surface area contributed by atoms with Gasteiger partial charge in [-0.2, -0.15) is 11.8 Å². The lowest BCUT2D eigenvalue weighted by molar-refractivity contribution is -0.0979. The summed E-state index contributed by atoms with van der Waals surface area (Å²) in [6, 6.07) is 0. The summed E-state index contributed by atoms with van der Waals surface area (Å²) in [7, 11) is 0. The van der Waals surface area contributed by atoms with Gasteiger partial charge in [0.1, 0.15) is 0 Å². The largest absolute Gasteiger partial charge is 0.388 e. The van der Waals surface area contributed by atoms with E-state index in [0.29, 0.717) is 5.92 Å². The molecule has 2 nitrogen and oxygen atoms in total. The number of aliphatic hydroxyl groups is 1. The van der Waals surface area contributed by atoms with Crippen molar-refractivity contribution in [2.45, 2.75) is 32.3 Å². The fraction of sp³-hybridized carbons (Fsp3) is 1.00. The summed E-state index contributed by atoms with van der Waals surface area (Å²) in [5.74, 6) is 2.42. The quantitative estimate of drug-likeness (QED) is 0.726. The number of hydrogen-bond acceptors (Lipinski definition) is 3. The molecule has 0 saturated carbocycles. The third kappa shape index (κ3) is 1.59. The summed E-state index contributed by atoms with van der Waals surface area (Å²) in [6.45, 7) is 5.98. The lowest BCUT2D eigenvalue weighted by Crippen LogP contribution is -2.55. The minimum absolute atomic E-state index is 0.0522. The SMILES string of the molecule is CC1(C)CCSCC1(O)C1CCOC1. The van der Waals surface area contributed by atoms with Gasteiger partial charge in [0.2, 0.25) is 0 Å². The molecule has 0 aromatic carbocycles. The first kappa shape index (κ1) is 10.8. The van der Waals surface area contributed by atoms with Gasteiger partial charge < -0.3 is 9.84 Å². The van der Waals surface area contributed by atoms with Gasteiger partial charge in [-0.1, -0.05) is 13.8 Å². The van der Waals surface area contributed by atoms with Crippen LogP contribution in [0.4, 0.5) is 0 Å². The fourth-order valence-electron chi connectivity index (χ4n) is 2.55. The third-order valence-electron chi connectivity index (χ3n) is 3.97. The van der Waals surface area contributed by atoms with Crippen molar-refractivity contribution in [1.29, 1.82) is 0 Å². The van der Waals surface area contributed by atoms with Gasteiger partial charge in [-0.25, -0.2) is 0 Å². The Morgan fingerprint density at radius 3 is 2.79 bits per heavy atom. The van der Waals surface area contributed by atoms with Crippen molar-refractivity contribution in [2.24, 2.45) is 11.3 Å². The number of thioether (sulfide) groups is 1. The second-order valence-corrected chi connectivity index (χ2v) is 6.28. The predicted octanol–water partition coefficient (Wildman–Crippen LogP) is 1.92. The van der Waals surface area contributed by atoms with E-state index in [0.717, 1.165) is 31.8 Å². The molecule has 0 aliphatic carbocycles. The molecular weight excluding hydrogens is 196 g/mol. The minimum atomic E-state index is -0.508. The molecule has 0 bridgehead atoms. The monoisotopic (exact) mass is 216 g/mol. The van der Waals surface area contributed by atoms with Gasteiger partial charge in [-0.05, 0) is 24.0 Å². The summed E-state index contributed by atoms with van der Waals surface area (Å²) < 4.78 is 5.40. The van der Waals surface area contributed by atoms with E-state index in [9.17, 15) is 5.11 Å². The first-order chi connectivity index (χ1) is 6.56. The molecule has 0 aromatic rings. The predicted molar refractivity (Wildman–Crippen MR) is 59.6 cm³/mol. The van der Waals surface area contributed by atoms with E-state index < -0.39 is 5.60 Å². The normalized spacial score (nSPS) is 42.6. The molecule has 3 heteroatoms. The van der Waals surface area contributed by atoms with Crippen molar-refractivity contribution in [3.8, 4) is 0 Å². The van der Waals surface area contributed by atoms with Gasteiger partial charge in [0.05, 0.1) is 12.2 Å². The van der Waals surface area contributed by atoms with Crippen LogP contribution in [0.2, 0.25) is 0 Å². The molecule has 82 valence electrons. The van der Waals surface area contributed by atoms with Crippen molar-refractivity contribution in [2.75, 3.05) is 24.7 Å². The Labute approximate surface area is 90.4 Å². The maximum absolute atomic E-state index is 10.8. The molecule has 14 heavy (non-hydrogen) atoms. The Hall–Kier alpha value is 0.270. The second-order valence-electron chi connectivity index (χ2n) is 5.17. The number of hydrogen-bond donors (Lipinski definition) is 1. The van der Waals surface area contributed by atoms with Crippen molar-refractivity contribution >= 4 is 11.8 Å². The molecule has 2 aliphatic rings. The smallest absolute Gasteiger partial charge is 0.0839 e. The Morgan fingerprint density at radius 1 is 1.43 bits per heavy atom. The van der Waals surface area contributed by atoms with Crippen molar-refractivity contribution < 1.29 is 9.84 Å². The van der Waals surface area contributed by atoms with Crippen LogP contribution < -0.4 is 0 Å². The maximum Gasteiger partial charge on any atom is 0.0839 e. The highest BCUT2D eigenvalue weighted by Gasteiger charge is 2.51. The van der Waals surface area contributed by atoms with Crippen LogP contribution in [0.1, 0.15) is 26.7 Å². The Morgan fingerprint density at radius 2 is 2.21 bits per heavy atom. The van der Waals surface area contributed by atoms with Crippen LogP contribution in [0.3, 0.4) is 0 Å². The molecule has 2 heterocycles. The van der Waals surface area contributed by atoms with Gasteiger partial charge in [0.25, 0.3) is 0 Å². The van der Waals surface area contributed by atoms with E-state index in [-0.39, 0.29) is 5.41 Å². The van der Waals surface area contributed by atoms with Gasteiger partial charge in [-0.15, -0.1) is 0 Å². The lowest BCUT2D eigenvalue weighted by Gasteiger charge is -2.49. The zero-order valence-electron chi connectivity index (χ0n) is 9.08. The van der Waals surface area contributed by atoms with E-state index in [1.807, 2.05) is 11.8 Å². The minimum Gasteiger partial charge on any atom is -0.388 e. The Bertz CT molecular complexity index is 211. The van der Waals surface area contributed by atoms with Crippen LogP contribution in [-0.2, 0) is 4.74 Å². The van der Waals surface area contributed by atoms with Crippen molar-refractivity contribution in [3.05, 3.63) is 0 Å². The molecule has 0 amide bonds. The van der Waals surface area contributed by atoms with E-state index in [1.54, 1.807) is 0 Å². The zero-order chi connectivity index (χ0) is 10.2. The molecular formula is C11H20O2S. The van der Waals surface area contributed by atoms with E-state index >= 15 is 0 Å².